The van der Waals surface area contributed by atoms with Crippen molar-refractivity contribution in [3.63, 3.8) is 0 Å². The maximum absolute atomic E-state index is 11.5. The predicted octanol–water partition coefficient (Wildman–Crippen LogP) is 2.19. The van der Waals surface area contributed by atoms with Gasteiger partial charge in [0, 0.05) is 0 Å². The van der Waals surface area contributed by atoms with Crippen molar-refractivity contribution >= 4 is 57.0 Å². The number of amides is 2. The molecule has 1 aromatic rings. The fraction of sp³-hybridized carbons (Fsp3) is 0.385. The molecule has 110 valence electrons. The third-order valence-electron chi connectivity index (χ3n) is 2.38. The minimum Gasteiger partial charge on any atom is -0.494 e. The van der Waals surface area contributed by atoms with E-state index in [2.05, 4.69) is 10.6 Å². The van der Waals surface area contributed by atoms with Crippen molar-refractivity contribution in [3.8, 4) is 5.75 Å². The first-order valence-corrected chi connectivity index (χ1v) is 9.09. The van der Waals surface area contributed by atoms with Crippen molar-refractivity contribution in [1.82, 2.24) is 10.6 Å². The van der Waals surface area contributed by atoms with E-state index in [0.717, 1.165) is 11.3 Å². The summed E-state index contributed by atoms with van der Waals surface area (Å²) in [5.74, 6) is 0.506. The Morgan fingerprint density at radius 3 is 2.00 bits per heavy atom. The minimum atomic E-state index is -0.518. The normalized spacial score (nSPS) is 10.2. The van der Waals surface area contributed by atoms with Gasteiger partial charge in [-0.25, -0.2) is 0 Å². The summed E-state index contributed by atoms with van der Waals surface area (Å²) < 4.78 is 6.05. The van der Waals surface area contributed by atoms with Crippen LogP contribution in [0.3, 0.4) is 0 Å². The number of hydrogen-bond acceptors (Lipinski definition) is 3. The lowest BCUT2D eigenvalue weighted by molar-refractivity contribution is -0.121. The average molecular weight is 502 g/mol. The smallest absolute Gasteiger partial charge is 0.231 e. The van der Waals surface area contributed by atoms with Gasteiger partial charge in [0.2, 0.25) is 11.8 Å². The van der Waals surface area contributed by atoms with Gasteiger partial charge in [0.25, 0.3) is 0 Å². The van der Waals surface area contributed by atoms with Gasteiger partial charge < -0.3 is 15.4 Å². The summed E-state index contributed by atoms with van der Waals surface area (Å²) in [6.45, 7) is 2.51. The quantitative estimate of drug-likeness (QED) is 0.342. The van der Waals surface area contributed by atoms with Gasteiger partial charge in [-0.3, -0.25) is 9.59 Å². The topological polar surface area (TPSA) is 67.4 Å². The van der Waals surface area contributed by atoms with Crippen LogP contribution in [-0.4, -0.2) is 27.3 Å². The zero-order chi connectivity index (χ0) is 15.0. The van der Waals surface area contributed by atoms with Crippen LogP contribution in [0.1, 0.15) is 18.7 Å². The Labute approximate surface area is 145 Å². The molecule has 0 heterocycles. The molecule has 0 fully saturated rings. The summed E-state index contributed by atoms with van der Waals surface area (Å²) >= 11 is 3.96. The van der Waals surface area contributed by atoms with Gasteiger partial charge in [0.1, 0.15) is 11.9 Å². The summed E-state index contributed by atoms with van der Waals surface area (Å²) in [6, 6.07) is 7.30. The lowest BCUT2D eigenvalue weighted by atomic mass is 10.1. The fourth-order valence-corrected chi connectivity index (χ4v) is 1.97. The molecule has 0 radical (unpaired) electrons. The Kier molecular flexibility index (Phi) is 8.19. The van der Waals surface area contributed by atoms with E-state index in [-0.39, 0.29) is 11.8 Å². The standard InChI is InChI=1S/C13H16I2N2O3/c1-2-20-10-5-3-9(4-6-10)13(16-11(18)7-14)17-12(19)8-15/h3-6,13H,2,7-8H2,1H3,(H,16,18)(H,17,19). The molecule has 0 bridgehead atoms. The molecule has 1 aromatic carbocycles. The number of carbonyl (C=O) groups is 2. The molecule has 0 aliphatic rings. The Hall–Kier alpha value is -0.580. The van der Waals surface area contributed by atoms with Crippen LogP contribution in [0.4, 0.5) is 0 Å². The fourth-order valence-electron chi connectivity index (χ4n) is 1.53. The maximum Gasteiger partial charge on any atom is 0.231 e. The van der Waals surface area contributed by atoms with E-state index < -0.39 is 6.17 Å². The molecule has 20 heavy (non-hydrogen) atoms. The van der Waals surface area contributed by atoms with Crippen LogP contribution in [0, 0.1) is 0 Å². The van der Waals surface area contributed by atoms with Gasteiger partial charge in [0.15, 0.2) is 0 Å². The van der Waals surface area contributed by atoms with E-state index in [4.69, 9.17) is 4.74 Å². The zero-order valence-electron chi connectivity index (χ0n) is 11.0. The SMILES string of the molecule is CCOc1ccc(C(NC(=O)CI)NC(=O)CI)cc1. The van der Waals surface area contributed by atoms with Crippen LogP contribution in [0.2, 0.25) is 0 Å². The van der Waals surface area contributed by atoms with Gasteiger partial charge in [0.05, 0.1) is 15.5 Å². The van der Waals surface area contributed by atoms with Crippen LogP contribution in [0.15, 0.2) is 24.3 Å². The molecule has 0 aliphatic carbocycles. The molecule has 1 rings (SSSR count). The Bertz CT molecular complexity index is 433. The van der Waals surface area contributed by atoms with Gasteiger partial charge in [-0.2, -0.15) is 0 Å². The first-order valence-electron chi connectivity index (χ1n) is 6.04. The lowest BCUT2D eigenvalue weighted by Crippen LogP contribution is -2.41. The van der Waals surface area contributed by atoms with Gasteiger partial charge in [-0.15, -0.1) is 0 Å². The van der Waals surface area contributed by atoms with Crippen molar-refractivity contribution in [3.05, 3.63) is 29.8 Å². The highest BCUT2D eigenvalue weighted by Crippen LogP contribution is 2.16. The highest BCUT2D eigenvalue weighted by atomic mass is 127. The largest absolute Gasteiger partial charge is 0.494 e. The molecule has 5 nitrogen and oxygen atoms in total. The summed E-state index contributed by atoms with van der Waals surface area (Å²) in [6.07, 6.45) is -0.518. The molecule has 0 atom stereocenters. The summed E-state index contributed by atoms with van der Waals surface area (Å²) in [4.78, 5) is 23.1. The molecule has 7 heteroatoms. The van der Waals surface area contributed by atoms with Crippen molar-refractivity contribution < 1.29 is 14.3 Å². The van der Waals surface area contributed by atoms with Crippen molar-refractivity contribution in [1.29, 1.82) is 0 Å². The van der Waals surface area contributed by atoms with Crippen LogP contribution in [0.5, 0.6) is 5.75 Å². The number of halogens is 2. The number of carbonyl (C=O) groups excluding carboxylic acids is 2. The van der Waals surface area contributed by atoms with Crippen LogP contribution >= 0.6 is 45.2 Å². The Morgan fingerprint density at radius 2 is 1.60 bits per heavy atom. The Balaban J connectivity index is 2.84. The lowest BCUT2D eigenvalue weighted by Gasteiger charge is -2.20. The highest BCUT2D eigenvalue weighted by Gasteiger charge is 2.16. The van der Waals surface area contributed by atoms with E-state index >= 15 is 0 Å². The number of alkyl halides is 2. The molecular weight excluding hydrogens is 486 g/mol. The number of hydrogen-bond donors (Lipinski definition) is 2. The maximum atomic E-state index is 11.5. The van der Waals surface area contributed by atoms with E-state index in [9.17, 15) is 9.59 Å². The summed E-state index contributed by atoms with van der Waals surface area (Å²) in [5.41, 5.74) is 0.810. The molecule has 0 unspecified atom stereocenters. The molecule has 0 aromatic heterocycles. The van der Waals surface area contributed by atoms with Crippen molar-refractivity contribution in [2.45, 2.75) is 13.1 Å². The monoisotopic (exact) mass is 502 g/mol. The molecule has 0 saturated heterocycles. The van der Waals surface area contributed by atoms with E-state index in [1.165, 1.54) is 0 Å². The molecule has 0 aliphatic heterocycles. The second kappa shape index (κ2) is 9.37. The van der Waals surface area contributed by atoms with Crippen LogP contribution in [0.25, 0.3) is 0 Å². The first-order chi connectivity index (χ1) is 9.60. The average Bonchev–Trinajstić information content (AvgIpc) is 2.47. The Morgan fingerprint density at radius 1 is 1.10 bits per heavy atom. The van der Waals surface area contributed by atoms with Crippen LogP contribution < -0.4 is 15.4 Å². The van der Waals surface area contributed by atoms with Crippen molar-refractivity contribution in [2.24, 2.45) is 0 Å². The number of rotatable bonds is 7. The minimum absolute atomic E-state index is 0.127. The number of nitrogens with one attached hydrogen (secondary N) is 2. The molecule has 2 amide bonds. The second-order valence-electron chi connectivity index (χ2n) is 3.84. The number of benzene rings is 1. The molecular formula is C13H16I2N2O3. The summed E-state index contributed by atoms with van der Waals surface area (Å²) in [7, 11) is 0. The van der Waals surface area contributed by atoms with Gasteiger partial charge in [-0.05, 0) is 24.6 Å². The predicted molar refractivity (Wildman–Crippen MR) is 94.4 cm³/mol. The van der Waals surface area contributed by atoms with Crippen molar-refractivity contribution in [2.75, 3.05) is 15.5 Å². The zero-order valence-corrected chi connectivity index (χ0v) is 15.3. The van der Waals surface area contributed by atoms with Gasteiger partial charge >= 0.3 is 0 Å². The van der Waals surface area contributed by atoms with E-state index in [0.29, 0.717) is 15.5 Å². The molecule has 2 N–H and O–H groups in total. The van der Waals surface area contributed by atoms with E-state index in [1.54, 1.807) is 0 Å². The second-order valence-corrected chi connectivity index (χ2v) is 5.36. The highest BCUT2D eigenvalue weighted by molar-refractivity contribution is 14.1. The number of ether oxygens (including phenoxy) is 1. The summed E-state index contributed by atoms with van der Waals surface area (Å²) in [5, 5.41) is 5.55. The third-order valence-corrected chi connectivity index (χ3v) is 3.76. The van der Waals surface area contributed by atoms with Crippen LogP contribution in [-0.2, 0) is 9.59 Å². The first kappa shape index (κ1) is 17.5. The van der Waals surface area contributed by atoms with Gasteiger partial charge in [-0.1, -0.05) is 57.3 Å². The third kappa shape index (κ3) is 5.81. The van der Waals surface area contributed by atoms with E-state index in [1.807, 2.05) is 76.4 Å². The molecule has 0 saturated carbocycles. The molecule has 0 spiro atoms.